The average molecular weight is 358 g/mol. The number of halogens is 1. The molecule has 8 heteroatoms. The molecule has 1 aliphatic heterocycles. The minimum atomic E-state index is -0.471. The first-order valence-corrected chi connectivity index (χ1v) is 9.15. The lowest BCUT2D eigenvalue weighted by Gasteiger charge is -2.30. The Bertz CT molecular complexity index is 848. The van der Waals surface area contributed by atoms with E-state index in [1.165, 1.54) is 0 Å². The van der Waals surface area contributed by atoms with E-state index in [9.17, 15) is 4.79 Å². The number of aromatic nitrogens is 3. The summed E-state index contributed by atoms with van der Waals surface area (Å²) in [5.74, 6) is -0.604. The molecule has 138 valence electrons. The lowest BCUT2D eigenvalue weighted by atomic mass is 9.91. The number of nitrogens with zero attached hydrogens (tertiary/aromatic N) is 2. The van der Waals surface area contributed by atoms with Gasteiger partial charge in [0.25, 0.3) is 5.91 Å². The second-order valence-corrected chi connectivity index (χ2v) is 6.96. The smallest absolute Gasteiger partial charge is 0.254 e. The Kier molecular flexibility index (Phi) is 4.36. The predicted octanol–water partition coefficient (Wildman–Crippen LogP) is 2.10. The molecule has 2 atom stereocenters. The molecule has 0 saturated heterocycles. The van der Waals surface area contributed by atoms with Crippen LogP contribution >= 0.6 is 0 Å². The van der Waals surface area contributed by atoms with E-state index in [4.69, 9.17) is 5.73 Å². The van der Waals surface area contributed by atoms with Gasteiger partial charge in [0.05, 0.1) is 17.0 Å². The van der Waals surface area contributed by atoms with Gasteiger partial charge in [0.1, 0.15) is 0 Å². The standard InChI is InChI=1S/C18H23FN6O/c1-2-12-9(8-22-25-12)16-14-10(7-21-18(14)26)15(19)17(24-16)23-13-6-4-3-5-11(13)20/h8,11,13H,2-7,20H2,1H3,(H,21,26)(H,22,25)(H,23,24)/t11-,13+/m0/s1. The normalized spacial score (nSPS) is 22.2. The molecule has 7 nitrogen and oxygen atoms in total. The molecule has 5 N–H and O–H groups in total. The third kappa shape index (κ3) is 2.74. The molecular weight excluding hydrogens is 335 g/mol. The molecule has 26 heavy (non-hydrogen) atoms. The van der Waals surface area contributed by atoms with Crippen molar-refractivity contribution >= 4 is 11.7 Å². The van der Waals surface area contributed by atoms with Crippen molar-refractivity contribution < 1.29 is 9.18 Å². The number of carbonyl (C=O) groups is 1. The predicted molar refractivity (Wildman–Crippen MR) is 96.2 cm³/mol. The summed E-state index contributed by atoms with van der Waals surface area (Å²) in [6, 6.07) is -0.0433. The van der Waals surface area contributed by atoms with Crippen molar-refractivity contribution in [2.24, 2.45) is 5.73 Å². The van der Waals surface area contributed by atoms with Gasteiger partial charge in [0.15, 0.2) is 11.6 Å². The molecule has 4 rings (SSSR count). The lowest BCUT2D eigenvalue weighted by Crippen LogP contribution is -2.43. The highest BCUT2D eigenvalue weighted by molar-refractivity contribution is 6.04. The second kappa shape index (κ2) is 6.68. The molecule has 3 heterocycles. The van der Waals surface area contributed by atoms with Crippen LogP contribution in [-0.4, -0.2) is 33.2 Å². The molecule has 0 radical (unpaired) electrons. The minimum absolute atomic E-state index is 0.0169. The number of pyridine rings is 1. The van der Waals surface area contributed by atoms with E-state index >= 15 is 4.39 Å². The topological polar surface area (TPSA) is 109 Å². The summed E-state index contributed by atoms with van der Waals surface area (Å²) in [5.41, 5.74) is 8.85. The van der Waals surface area contributed by atoms with Crippen molar-refractivity contribution in [3.63, 3.8) is 0 Å². The van der Waals surface area contributed by atoms with E-state index in [2.05, 4.69) is 25.8 Å². The van der Waals surface area contributed by atoms with Crippen LogP contribution in [0.2, 0.25) is 0 Å². The van der Waals surface area contributed by atoms with Crippen molar-refractivity contribution in [3.05, 3.63) is 28.8 Å². The molecule has 1 fully saturated rings. The highest BCUT2D eigenvalue weighted by Crippen LogP contribution is 2.34. The van der Waals surface area contributed by atoms with E-state index in [0.717, 1.165) is 36.9 Å². The molecule has 1 amide bonds. The van der Waals surface area contributed by atoms with Crippen LogP contribution in [0.3, 0.4) is 0 Å². The summed E-state index contributed by atoms with van der Waals surface area (Å²) in [5, 5.41) is 12.9. The number of aromatic amines is 1. The maximum Gasteiger partial charge on any atom is 0.254 e. The van der Waals surface area contributed by atoms with Crippen LogP contribution < -0.4 is 16.4 Å². The van der Waals surface area contributed by atoms with Gasteiger partial charge < -0.3 is 16.4 Å². The number of rotatable bonds is 4. The van der Waals surface area contributed by atoms with Crippen LogP contribution in [-0.2, 0) is 13.0 Å². The van der Waals surface area contributed by atoms with Gasteiger partial charge in [-0.3, -0.25) is 9.89 Å². The summed E-state index contributed by atoms with van der Waals surface area (Å²) >= 11 is 0. The van der Waals surface area contributed by atoms with Crippen LogP contribution in [0.25, 0.3) is 11.3 Å². The Morgan fingerprint density at radius 3 is 2.96 bits per heavy atom. The number of H-pyrrole nitrogens is 1. The number of hydrogen-bond donors (Lipinski definition) is 4. The third-order valence-electron chi connectivity index (χ3n) is 5.34. The molecule has 1 aliphatic carbocycles. The van der Waals surface area contributed by atoms with Crippen molar-refractivity contribution in [2.75, 3.05) is 5.32 Å². The Labute approximate surface area is 151 Å². The minimum Gasteiger partial charge on any atom is -0.363 e. The number of hydrogen-bond acceptors (Lipinski definition) is 5. The fourth-order valence-electron chi connectivity index (χ4n) is 3.88. The van der Waals surface area contributed by atoms with Gasteiger partial charge in [-0.25, -0.2) is 9.37 Å². The Hall–Kier alpha value is -2.48. The Morgan fingerprint density at radius 1 is 1.38 bits per heavy atom. The lowest BCUT2D eigenvalue weighted by molar-refractivity contribution is 0.0966. The molecule has 0 unspecified atom stereocenters. The molecule has 2 aliphatic rings. The fourth-order valence-corrected chi connectivity index (χ4v) is 3.88. The van der Waals surface area contributed by atoms with Crippen molar-refractivity contribution in [1.82, 2.24) is 20.5 Å². The zero-order valence-corrected chi connectivity index (χ0v) is 14.7. The highest BCUT2D eigenvalue weighted by atomic mass is 19.1. The van der Waals surface area contributed by atoms with E-state index in [1.807, 2.05) is 6.92 Å². The Morgan fingerprint density at radius 2 is 2.19 bits per heavy atom. The van der Waals surface area contributed by atoms with E-state index in [-0.39, 0.29) is 30.4 Å². The number of carbonyl (C=O) groups excluding carboxylic acids is 1. The number of aryl methyl sites for hydroxylation is 1. The van der Waals surface area contributed by atoms with E-state index in [0.29, 0.717) is 23.2 Å². The van der Waals surface area contributed by atoms with E-state index < -0.39 is 5.82 Å². The van der Waals surface area contributed by atoms with Crippen LogP contribution in [0.5, 0.6) is 0 Å². The molecule has 0 bridgehead atoms. The van der Waals surface area contributed by atoms with Crippen LogP contribution in [0.4, 0.5) is 10.2 Å². The zero-order chi connectivity index (χ0) is 18.3. The maximum atomic E-state index is 15.1. The number of nitrogens with one attached hydrogen (secondary N) is 3. The first kappa shape index (κ1) is 17.0. The van der Waals surface area contributed by atoms with Crippen LogP contribution in [0.15, 0.2) is 6.20 Å². The zero-order valence-electron chi connectivity index (χ0n) is 14.7. The van der Waals surface area contributed by atoms with Crippen molar-refractivity contribution in [1.29, 1.82) is 0 Å². The van der Waals surface area contributed by atoms with Gasteiger partial charge in [0, 0.05) is 36.0 Å². The molecule has 0 aromatic carbocycles. The number of nitrogens with two attached hydrogens (primary N) is 1. The monoisotopic (exact) mass is 358 g/mol. The first-order valence-electron chi connectivity index (χ1n) is 9.15. The molecule has 2 aromatic heterocycles. The summed E-state index contributed by atoms with van der Waals surface area (Å²) in [7, 11) is 0. The summed E-state index contributed by atoms with van der Waals surface area (Å²) in [6.45, 7) is 2.14. The van der Waals surface area contributed by atoms with Crippen LogP contribution in [0.1, 0.15) is 54.2 Å². The van der Waals surface area contributed by atoms with Gasteiger partial charge in [0.2, 0.25) is 0 Å². The van der Waals surface area contributed by atoms with Crippen molar-refractivity contribution in [2.45, 2.75) is 57.7 Å². The molecular formula is C18H23FN6O. The highest BCUT2D eigenvalue weighted by Gasteiger charge is 2.32. The summed E-state index contributed by atoms with van der Waals surface area (Å²) in [4.78, 5) is 16.8. The molecule has 1 saturated carbocycles. The van der Waals surface area contributed by atoms with Gasteiger partial charge in [-0.2, -0.15) is 5.10 Å². The van der Waals surface area contributed by atoms with Gasteiger partial charge in [-0.05, 0) is 19.3 Å². The fraction of sp³-hybridized carbons (Fsp3) is 0.500. The molecule has 2 aromatic rings. The summed E-state index contributed by atoms with van der Waals surface area (Å²) in [6.07, 6.45) is 6.35. The number of amides is 1. The van der Waals surface area contributed by atoms with Gasteiger partial charge >= 0.3 is 0 Å². The van der Waals surface area contributed by atoms with Crippen LogP contribution in [0, 0.1) is 5.82 Å². The number of anilines is 1. The average Bonchev–Trinajstić information content (AvgIpc) is 3.26. The van der Waals surface area contributed by atoms with Gasteiger partial charge in [-0.1, -0.05) is 19.8 Å². The van der Waals surface area contributed by atoms with E-state index in [1.54, 1.807) is 6.20 Å². The number of fused-ring (bicyclic) bond motifs is 1. The summed E-state index contributed by atoms with van der Waals surface area (Å²) < 4.78 is 15.1. The first-order chi connectivity index (χ1) is 12.6. The quantitative estimate of drug-likeness (QED) is 0.669. The Balaban J connectivity index is 1.81. The van der Waals surface area contributed by atoms with Gasteiger partial charge in [-0.15, -0.1) is 0 Å². The second-order valence-electron chi connectivity index (χ2n) is 6.96. The third-order valence-corrected chi connectivity index (χ3v) is 5.34. The SMILES string of the molecule is CCc1n[nH]cc1-c1nc(N[C@@H]2CCCC[C@@H]2N)c(F)c2c1C(=O)NC2. The van der Waals surface area contributed by atoms with Crippen molar-refractivity contribution in [3.8, 4) is 11.3 Å². The molecule has 0 spiro atoms. The largest absolute Gasteiger partial charge is 0.363 e. The maximum absolute atomic E-state index is 15.1.